The number of nitrogens with one attached hydrogen (secondary N) is 1. The summed E-state index contributed by atoms with van der Waals surface area (Å²) < 4.78 is 1.27. The minimum Gasteiger partial charge on any atom is -0.387 e. The van der Waals surface area contributed by atoms with Crippen molar-refractivity contribution in [1.82, 2.24) is 19.9 Å². The van der Waals surface area contributed by atoms with Crippen molar-refractivity contribution in [3.63, 3.8) is 0 Å². The molecule has 0 fully saturated rings. The van der Waals surface area contributed by atoms with Crippen LogP contribution in [0.4, 0.5) is 10.7 Å². The number of amidine groups is 1. The van der Waals surface area contributed by atoms with Crippen molar-refractivity contribution in [2.24, 2.45) is 21.1 Å². The normalized spacial score (nSPS) is 14.4. The van der Waals surface area contributed by atoms with Gasteiger partial charge in [0.05, 0.1) is 24.9 Å². The number of azo groups is 1. The second kappa shape index (κ2) is 10.5. The fourth-order valence-electron chi connectivity index (χ4n) is 4.83. The fourth-order valence-corrected chi connectivity index (χ4v) is 4.83. The second-order valence-corrected chi connectivity index (χ2v) is 9.05. The van der Waals surface area contributed by atoms with Crippen LogP contribution in [-0.4, -0.2) is 50.4 Å². The van der Waals surface area contributed by atoms with Crippen LogP contribution in [0.25, 0.3) is 21.5 Å². The smallest absolute Gasteiger partial charge is 0.336 e. The Morgan fingerprint density at radius 3 is 2.24 bits per heavy atom. The molecule has 0 aliphatic carbocycles. The number of fused-ring (bicyclic) bond motifs is 2. The number of amides is 2. The Morgan fingerprint density at radius 1 is 1.08 bits per heavy atom. The van der Waals surface area contributed by atoms with Gasteiger partial charge in [-0.05, 0) is 39.6 Å². The predicted octanol–water partition coefficient (Wildman–Crippen LogP) is 4.03. The molecular formula is C27H28N8O3. The Balaban J connectivity index is 1.57. The standard InChI is InChI=1S/C27H28N8O3/c1-16(36)24-15-35(17(2)37)26(31-24)33-30-14-23-20-9-5-3-7-18(20)22(19-8-4-6-10-21(19)23)13-25-29-11-12-34(25)27(38)32-28/h3-10,15-16,36H,11-14,28H2,1-2H3,(H,32,38). The third-order valence-corrected chi connectivity index (χ3v) is 6.65. The summed E-state index contributed by atoms with van der Waals surface area (Å²) in [5, 5.41) is 22.6. The molecule has 2 amide bonds. The number of aliphatic hydroxyl groups is 1. The lowest BCUT2D eigenvalue weighted by atomic mass is 9.90. The summed E-state index contributed by atoms with van der Waals surface area (Å²) in [6.07, 6.45) is 1.11. The number of carbonyl (C=O) groups is 2. The average Bonchev–Trinajstić information content (AvgIpc) is 3.57. The van der Waals surface area contributed by atoms with Crippen LogP contribution in [0.5, 0.6) is 0 Å². The molecule has 0 saturated heterocycles. The maximum atomic E-state index is 12.3. The molecule has 38 heavy (non-hydrogen) atoms. The zero-order valence-corrected chi connectivity index (χ0v) is 21.1. The van der Waals surface area contributed by atoms with Crippen molar-refractivity contribution in [3.8, 4) is 0 Å². The summed E-state index contributed by atoms with van der Waals surface area (Å²) in [5.41, 5.74) is 4.59. The summed E-state index contributed by atoms with van der Waals surface area (Å²) in [5.74, 6) is 5.90. The van der Waals surface area contributed by atoms with E-state index < -0.39 is 6.10 Å². The van der Waals surface area contributed by atoms with E-state index in [1.807, 2.05) is 36.4 Å². The number of benzene rings is 3. The first kappa shape index (κ1) is 25.2. The Hall–Kier alpha value is -4.48. The Labute approximate surface area is 218 Å². The number of hydrogen-bond donors (Lipinski definition) is 3. The van der Waals surface area contributed by atoms with Crippen LogP contribution in [0.15, 0.2) is 69.9 Å². The third-order valence-electron chi connectivity index (χ3n) is 6.65. The molecular weight excluding hydrogens is 484 g/mol. The lowest BCUT2D eigenvalue weighted by Crippen LogP contribution is -2.45. The van der Waals surface area contributed by atoms with Crippen molar-refractivity contribution in [1.29, 1.82) is 0 Å². The number of aromatic nitrogens is 2. The number of aliphatic imine (C=N–C) groups is 1. The summed E-state index contributed by atoms with van der Waals surface area (Å²) in [7, 11) is 0. The van der Waals surface area contributed by atoms with Gasteiger partial charge in [0.15, 0.2) is 0 Å². The van der Waals surface area contributed by atoms with E-state index in [2.05, 4.69) is 37.8 Å². The van der Waals surface area contributed by atoms with Crippen molar-refractivity contribution in [2.75, 3.05) is 13.1 Å². The lowest BCUT2D eigenvalue weighted by Gasteiger charge is -2.20. The van der Waals surface area contributed by atoms with E-state index in [1.54, 1.807) is 11.8 Å². The van der Waals surface area contributed by atoms with Crippen molar-refractivity contribution in [2.45, 2.75) is 32.9 Å². The lowest BCUT2D eigenvalue weighted by molar-refractivity contribution is 0.0938. The molecule has 194 valence electrons. The molecule has 0 spiro atoms. The van der Waals surface area contributed by atoms with E-state index >= 15 is 0 Å². The van der Waals surface area contributed by atoms with Gasteiger partial charge in [-0.2, -0.15) is 5.11 Å². The average molecular weight is 513 g/mol. The maximum Gasteiger partial charge on any atom is 0.336 e. The highest BCUT2D eigenvalue weighted by molar-refractivity contribution is 6.09. The molecule has 5 rings (SSSR count). The maximum absolute atomic E-state index is 12.3. The summed E-state index contributed by atoms with van der Waals surface area (Å²) >= 11 is 0. The second-order valence-electron chi connectivity index (χ2n) is 9.05. The van der Waals surface area contributed by atoms with Gasteiger partial charge in [0.2, 0.25) is 5.91 Å². The molecule has 1 unspecified atom stereocenters. The molecule has 2 heterocycles. The predicted molar refractivity (Wildman–Crippen MR) is 144 cm³/mol. The number of rotatable bonds is 6. The molecule has 3 aromatic carbocycles. The largest absolute Gasteiger partial charge is 0.387 e. The molecule has 4 N–H and O–H groups in total. The van der Waals surface area contributed by atoms with E-state index in [0.29, 0.717) is 31.0 Å². The van der Waals surface area contributed by atoms with Crippen LogP contribution in [0.1, 0.15) is 41.6 Å². The Morgan fingerprint density at radius 2 is 1.68 bits per heavy atom. The van der Waals surface area contributed by atoms with Gasteiger partial charge in [-0.1, -0.05) is 48.5 Å². The number of hydrogen-bond acceptors (Lipinski definition) is 8. The Bertz CT molecular complexity index is 1550. The quantitative estimate of drug-likeness (QED) is 0.117. The van der Waals surface area contributed by atoms with Crippen molar-refractivity contribution < 1.29 is 14.7 Å². The molecule has 4 aromatic rings. The van der Waals surface area contributed by atoms with Gasteiger partial charge in [-0.15, -0.1) is 5.11 Å². The van der Waals surface area contributed by atoms with Crippen LogP contribution in [-0.2, 0) is 13.0 Å². The molecule has 11 nitrogen and oxygen atoms in total. The highest BCUT2D eigenvalue weighted by Gasteiger charge is 2.25. The SMILES string of the molecule is CC(=O)n1cc(C(C)O)nc1N=NCc1c2ccccc2c(CC2=NCCN2C(=O)NN)c2ccccc12. The van der Waals surface area contributed by atoms with Gasteiger partial charge in [0.25, 0.3) is 5.95 Å². The number of hydrazine groups is 1. The molecule has 1 aliphatic rings. The molecule has 11 heteroatoms. The minimum atomic E-state index is -0.832. The van der Waals surface area contributed by atoms with Crippen LogP contribution in [0, 0.1) is 0 Å². The van der Waals surface area contributed by atoms with E-state index in [0.717, 1.165) is 32.7 Å². The monoisotopic (exact) mass is 512 g/mol. The first-order valence-corrected chi connectivity index (χ1v) is 12.3. The van der Waals surface area contributed by atoms with E-state index in [4.69, 9.17) is 5.84 Å². The van der Waals surface area contributed by atoms with Gasteiger partial charge in [-0.25, -0.2) is 15.6 Å². The summed E-state index contributed by atoms with van der Waals surface area (Å²) in [6.45, 7) is 4.24. The number of carbonyl (C=O) groups excluding carboxylic acids is 2. The number of nitrogens with two attached hydrogens (primary N) is 1. The van der Waals surface area contributed by atoms with Gasteiger partial charge >= 0.3 is 6.03 Å². The molecule has 0 radical (unpaired) electrons. The van der Waals surface area contributed by atoms with E-state index in [1.165, 1.54) is 17.7 Å². The van der Waals surface area contributed by atoms with Gasteiger partial charge in [0.1, 0.15) is 5.84 Å². The number of nitrogens with zero attached hydrogens (tertiary/aromatic N) is 6. The molecule has 0 saturated carbocycles. The zero-order valence-electron chi connectivity index (χ0n) is 21.1. The van der Waals surface area contributed by atoms with E-state index in [9.17, 15) is 14.7 Å². The van der Waals surface area contributed by atoms with Gasteiger partial charge in [0, 0.05) is 26.1 Å². The highest BCUT2D eigenvalue weighted by atomic mass is 16.3. The van der Waals surface area contributed by atoms with Crippen molar-refractivity contribution >= 4 is 45.3 Å². The topological polar surface area (TPSA) is 151 Å². The van der Waals surface area contributed by atoms with Crippen LogP contribution in [0.3, 0.4) is 0 Å². The molecule has 0 bridgehead atoms. The van der Waals surface area contributed by atoms with Crippen LogP contribution >= 0.6 is 0 Å². The third kappa shape index (κ3) is 4.64. The molecule has 1 atom stereocenters. The van der Waals surface area contributed by atoms with Crippen molar-refractivity contribution in [3.05, 3.63) is 71.5 Å². The summed E-state index contributed by atoms with van der Waals surface area (Å²) in [4.78, 5) is 34.7. The number of imidazole rings is 1. The Kier molecular flexibility index (Phi) is 6.95. The summed E-state index contributed by atoms with van der Waals surface area (Å²) in [6, 6.07) is 15.7. The van der Waals surface area contributed by atoms with Gasteiger partial charge in [-0.3, -0.25) is 24.7 Å². The first-order chi connectivity index (χ1) is 18.4. The first-order valence-electron chi connectivity index (χ1n) is 12.3. The van der Waals surface area contributed by atoms with Gasteiger partial charge < -0.3 is 5.11 Å². The van der Waals surface area contributed by atoms with Crippen LogP contribution < -0.4 is 11.3 Å². The number of aliphatic hydroxyl groups excluding tert-OH is 1. The fraction of sp³-hybridized carbons (Fsp3) is 0.259. The van der Waals surface area contributed by atoms with Crippen LogP contribution in [0.2, 0.25) is 0 Å². The number of urea groups is 1. The molecule has 1 aliphatic heterocycles. The minimum absolute atomic E-state index is 0.121. The highest BCUT2D eigenvalue weighted by Crippen LogP contribution is 2.34. The molecule has 1 aromatic heterocycles. The zero-order chi connectivity index (χ0) is 26.8. The van der Waals surface area contributed by atoms with E-state index in [-0.39, 0.29) is 24.4 Å².